The van der Waals surface area contributed by atoms with E-state index in [1.807, 2.05) is 0 Å². The van der Waals surface area contributed by atoms with Crippen molar-refractivity contribution in [3.8, 4) is 0 Å². The van der Waals surface area contributed by atoms with Crippen molar-refractivity contribution < 1.29 is 4.74 Å². The van der Waals surface area contributed by atoms with E-state index >= 15 is 0 Å². The Kier molecular flexibility index (Phi) is 2.84. The van der Waals surface area contributed by atoms with Gasteiger partial charge in [0.1, 0.15) is 0 Å². The number of halogens is 1. The van der Waals surface area contributed by atoms with Crippen molar-refractivity contribution in [1.29, 1.82) is 0 Å². The van der Waals surface area contributed by atoms with E-state index in [-0.39, 0.29) is 0 Å². The number of ether oxygens (including phenoxy) is 1. The van der Waals surface area contributed by atoms with Crippen LogP contribution in [0.5, 0.6) is 0 Å². The standard InChI is InChI=1S/C6H11BrO/c7-6-3-1-2-4-8-5-6/h6H,1-5H2. The Morgan fingerprint density at radius 1 is 1.38 bits per heavy atom. The fraction of sp³-hybridized carbons (Fsp3) is 1.00. The Morgan fingerprint density at radius 3 is 3.12 bits per heavy atom. The van der Waals surface area contributed by atoms with Crippen LogP contribution in [0.15, 0.2) is 0 Å². The van der Waals surface area contributed by atoms with Gasteiger partial charge in [-0.15, -0.1) is 0 Å². The molecule has 0 N–H and O–H groups in total. The lowest BCUT2D eigenvalue weighted by Gasteiger charge is -2.01. The van der Waals surface area contributed by atoms with E-state index in [1.165, 1.54) is 19.3 Å². The predicted molar refractivity (Wildman–Crippen MR) is 37.4 cm³/mol. The summed E-state index contributed by atoms with van der Waals surface area (Å²) in [5.74, 6) is 0. The van der Waals surface area contributed by atoms with Gasteiger partial charge in [0.2, 0.25) is 0 Å². The SMILES string of the molecule is BrC1CCCCOC1. The van der Waals surface area contributed by atoms with Crippen LogP contribution in [0, 0.1) is 0 Å². The van der Waals surface area contributed by atoms with Crippen molar-refractivity contribution in [3.05, 3.63) is 0 Å². The van der Waals surface area contributed by atoms with Crippen molar-refractivity contribution in [1.82, 2.24) is 0 Å². The lowest BCUT2D eigenvalue weighted by molar-refractivity contribution is 0.148. The fourth-order valence-corrected chi connectivity index (χ4v) is 1.38. The van der Waals surface area contributed by atoms with Gasteiger partial charge in [-0.25, -0.2) is 0 Å². The number of rotatable bonds is 0. The molecule has 0 aromatic carbocycles. The molecular weight excluding hydrogens is 168 g/mol. The molecule has 1 saturated heterocycles. The van der Waals surface area contributed by atoms with E-state index in [9.17, 15) is 0 Å². The lowest BCUT2D eigenvalue weighted by atomic mass is 10.2. The summed E-state index contributed by atoms with van der Waals surface area (Å²) >= 11 is 3.51. The van der Waals surface area contributed by atoms with Gasteiger partial charge in [0.05, 0.1) is 6.61 Å². The average molecular weight is 179 g/mol. The number of hydrogen-bond acceptors (Lipinski definition) is 1. The van der Waals surface area contributed by atoms with Gasteiger partial charge in [-0.2, -0.15) is 0 Å². The van der Waals surface area contributed by atoms with Crippen molar-refractivity contribution in [3.63, 3.8) is 0 Å². The Bertz CT molecular complexity index is 57.5. The van der Waals surface area contributed by atoms with Crippen LogP contribution in [0.3, 0.4) is 0 Å². The second kappa shape index (κ2) is 3.46. The van der Waals surface area contributed by atoms with Crippen LogP contribution < -0.4 is 0 Å². The molecule has 1 rings (SSSR count). The first-order valence-electron chi connectivity index (χ1n) is 3.11. The molecule has 1 atom stereocenters. The third kappa shape index (κ3) is 2.14. The molecule has 0 spiro atoms. The second-order valence-corrected chi connectivity index (χ2v) is 3.46. The molecule has 1 heterocycles. The fourth-order valence-electron chi connectivity index (χ4n) is 0.864. The molecule has 1 nitrogen and oxygen atoms in total. The molecule has 0 amide bonds. The molecule has 1 aliphatic rings. The highest BCUT2D eigenvalue weighted by molar-refractivity contribution is 9.09. The normalized spacial score (nSPS) is 31.9. The zero-order valence-corrected chi connectivity index (χ0v) is 6.49. The molecule has 0 saturated carbocycles. The highest BCUT2D eigenvalue weighted by Crippen LogP contribution is 2.13. The maximum atomic E-state index is 5.26. The first-order chi connectivity index (χ1) is 3.89. The zero-order valence-electron chi connectivity index (χ0n) is 4.90. The van der Waals surface area contributed by atoms with Crippen LogP contribution >= 0.6 is 15.9 Å². The highest BCUT2D eigenvalue weighted by Gasteiger charge is 2.06. The van der Waals surface area contributed by atoms with Gasteiger partial charge in [0.25, 0.3) is 0 Å². The van der Waals surface area contributed by atoms with Gasteiger partial charge in [-0.3, -0.25) is 0 Å². The third-order valence-corrected chi connectivity index (χ3v) is 2.08. The van der Waals surface area contributed by atoms with Crippen LogP contribution in [0.25, 0.3) is 0 Å². The van der Waals surface area contributed by atoms with Gasteiger partial charge in [-0.1, -0.05) is 15.9 Å². The first-order valence-corrected chi connectivity index (χ1v) is 4.03. The molecule has 2 heteroatoms. The summed E-state index contributed by atoms with van der Waals surface area (Å²) in [6.45, 7) is 1.86. The lowest BCUT2D eigenvalue weighted by Crippen LogP contribution is -2.03. The van der Waals surface area contributed by atoms with E-state index in [2.05, 4.69) is 15.9 Å². The van der Waals surface area contributed by atoms with Crippen LogP contribution in [0.2, 0.25) is 0 Å². The topological polar surface area (TPSA) is 9.23 Å². The largest absolute Gasteiger partial charge is 0.380 e. The minimum atomic E-state index is 0.616. The van der Waals surface area contributed by atoms with Gasteiger partial charge in [-0.05, 0) is 19.3 Å². The third-order valence-electron chi connectivity index (χ3n) is 1.35. The summed E-state index contributed by atoms with van der Waals surface area (Å²) in [5, 5.41) is 0. The van der Waals surface area contributed by atoms with E-state index in [1.54, 1.807) is 0 Å². The molecule has 1 fully saturated rings. The van der Waals surface area contributed by atoms with Crippen LogP contribution in [-0.4, -0.2) is 18.0 Å². The predicted octanol–water partition coefficient (Wildman–Crippen LogP) is 1.95. The minimum absolute atomic E-state index is 0.616. The molecule has 8 heavy (non-hydrogen) atoms. The van der Waals surface area contributed by atoms with Gasteiger partial charge in [0.15, 0.2) is 0 Å². The maximum Gasteiger partial charge on any atom is 0.0591 e. The average Bonchev–Trinajstić information content (AvgIpc) is 1.94. The molecule has 1 aliphatic heterocycles. The summed E-state index contributed by atoms with van der Waals surface area (Å²) in [4.78, 5) is 0.616. The van der Waals surface area contributed by atoms with Crippen molar-refractivity contribution in [2.24, 2.45) is 0 Å². The zero-order chi connectivity index (χ0) is 5.82. The molecular formula is C6H11BrO. The van der Waals surface area contributed by atoms with Crippen molar-refractivity contribution in [2.45, 2.75) is 24.1 Å². The summed E-state index contributed by atoms with van der Waals surface area (Å²) in [6.07, 6.45) is 3.83. The first kappa shape index (κ1) is 6.56. The molecule has 1 unspecified atom stereocenters. The molecule has 48 valence electrons. The van der Waals surface area contributed by atoms with Crippen LogP contribution in [0.4, 0.5) is 0 Å². The van der Waals surface area contributed by atoms with Gasteiger partial charge < -0.3 is 4.74 Å². The maximum absolute atomic E-state index is 5.26. The van der Waals surface area contributed by atoms with Gasteiger partial charge in [0, 0.05) is 11.4 Å². The number of alkyl halides is 1. The second-order valence-electron chi connectivity index (χ2n) is 2.17. The van der Waals surface area contributed by atoms with Crippen molar-refractivity contribution in [2.75, 3.05) is 13.2 Å². The van der Waals surface area contributed by atoms with E-state index in [0.717, 1.165) is 13.2 Å². The molecule has 0 aromatic heterocycles. The molecule has 0 radical (unpaired) electrons. The summed E-state index contributed by atoms with van der Waals surface area (Å²) in [6, 6.07) is 0. The van der Waals surface area contributed by atoms with Crippen molar-refractivity contribution >= 4 is 15.9 Å². The highest BCUT2D eigenvalue weighted by atomic mass is 79.9. The summed E-state index contributed by atoms with van der Waals surface area (Å²) < 4.78 is 5.26. The summed E-state index contributed by atoms with van der Waals surface area (Å²) in [7, 11) is 0. The van der Waals surface area contributed by atoms with Crippen LogP contribution in [0.1, 0.15) is 19.3 Å². The molecule has 0 aromatic rings. The van der Waals surface area contributed by atoms with Gasteiger partial charge >= 0.3 is 0 Å². The molecule has 0 aliphatic carbocycles. The number of hydrogen-bond donors (Lipinski definition) is 0. The monoisotopic (exact) mass is 178 g/mol. The van der Waals surface area contributed by atoms with E-state index < -0.39 is 0 Å². The Hall–Kier alpha value is 0.440. The quantitative estimate of drug-likeness (QED) is 0.516. The Morgan fingerprint density at radius 2 is 2.25 bits per heavy atom. The Balaban J connectivity index is 2.17. The van der Waals surface area contributed by atoms with E-state index in [4.69, 9.17) is 4.74 Å². The van der Waals surface area contributed by atoms with E-state index in [0.29, 0.717) is 4.83 Å². The minimum Gasteiger partial charge on any atom is -0.380 e. The molecule has 0 bridgehead atoms. The summed E-state index contributed by atoms with van der Waals surface area (Å²) in [5.41, 5.74) is 0. The van der Waals surface area contributed by atoms with Crippen LogP contribution in [-0.2, 0) is 4.74 Å². The Labute approximate surface area is 58.5 Å². The smallest absolute Gasteiger partial charge is 0.0591 e.